The Morgan fingerprint density at radius 2 is 2.26 bits per heavy atom. The van der Waals surface area contributed by atoms with Gasteiger partial charge in [0.15, 0.2) is 0 Å². The molecule has 5 heteroatoms. The van der Waals surface area contributed by atoms with Gasteiger partial charge >= 0.3 is 0 Å². The maximum atomic E-state index is 12.9. The Kier molecular flexibility index (Phi) is 3.41. The quantitative estimate of drug-likeness (QED) is 0.808. The van der Waals surface area contributed by atoms with Gasteiger partial charge in [-0.25, -0.2) is 4.98 Å². The number of hydrogen-bond acceptors (Lipinski definition) is 2. The molecule has 1 aromatic carbocycles. The lowest BCUT2D eigenvalue weighted by molar-refractivity contribution is -0.132. The van der Waals surface area contributed by atoms with Crippen molar-refractivity contribution in [2.45, 2.75) is 32.4 Å². The average Bonchev–Trinajstić information content (AvgIpc) is 3.26. The largest absolute Gasteiger partial charge is 0.347 e. The van der Waals surface area contributed by atoms with Gasteiger partial charge in [-0.2, -0.15) is 0 Å². The number of H-pyrrole nitrogens is 1. The van der Waals surface area contributed by atoms with E-state index >= 15 is 0 Å². The van der Waals surface area contributed by atoms with E-state index in [-0.39, 0.29) is 11.9 Å². The predicted octanol–water partition coefficient (Wildman–Crippen LogP) is 3.04. The summed E-state index contributed by atoms with van der Waals surface area (Å²) >= 11 is 0. The van der Waals surface area contributed by atoms with Crippen molar-refractivity contribution in [3.63, 3.8) is 0 Å². The minimum Gasteiger partial charge on any atom is -0.347 e. The van der Waals surface area contributed by atoms with E-state index in [0.717, 1.165) is 36.4 Å². The molecular weight excluding hydrogens is 288 g/mol. The Labute approximate surface area is 134 Å². The summed E-state index contributed by atoms with van der Waals surface area (Å²) in [7, 11) is 0. The van der Waals surface area contributed by atoms with Crippen LogP contribution in [0.15, 0.2) is 42.7 Å². The number of hydrogen-bond donors (Lipinski definition) is 1. The van der Waals surface area contributed by atoms with E-state index in [1.807, 2.05) is 23.2 Å². The summed E-state index contributed by atoms with van der Waals surface area (Å²) in [4.78, 5) is 22.3. The van der Waals surface area contributed by atoms with Gasteiger partial charge < -0.3 is 14.5 Å². The van der Waals surface area contributed by atoms with Crippen molar-refractivity contribution < 1.29 is 4.79 Å². The summed E-state index contributed by atoms with van der Waals surface area (Å²) < 4.78 is 2.11. The number of rotatable bonds is 3. The van der Waals surface area contributed by atoms with Gasteiger partial charge in [0.1, 0.15) is 12.4 Å². The molecule has 0 spiro atoms. The number of nitrogens with one attached hydrogen (secondary N) is 1. The molecule has 3 aromatic rings. The second-order valence-corrected chi connectivity index (χ2v) is 6.15. The molecule has 2 aromatic heterocycles. The molecule has 1 atom stereocenters. The van der Waals surface area contributed by atoms with Gasteiger partial charge in [0.25, 0.3) is 0 Å². The van der Waals surface area contributed by atoms with Crippen LogP contribution in [0.3, 0.4) is 0 Å². The van der Waals surface area contributed by atoms with Crippen molar-refractivity contribution in [3.8, 4) is 0 Å². The van der Waals surface area contributed by atoms with E-state index in [9.17, 15) is 4.79 Å². The van der Waals surface area contributed by atoms with Gasteiger partial charge in [0.05, 0.1) is 6.04 Å². The van der Waals surface area contributed by atoms with E-state index in [4.69, 9.17) is 0 Å². The van der Waals surface area contributed by atoms with E-state index < -0.39 is 0 Å². The van der Waals surface area contributed by atoms with Crippen LogP contribution in [-0.2, 0) is 11.3 Å². The highest BCUT2D eigenvalue weighted by molar-refractivity contribution is 5.84. The fourth-order valence-electron chi connectivity index (χ4n) is 3.59. The lowest BCUT2D eigenvalue weighted by atomic mass is 10.2. The van der Waals surface area contributed by atoms with Gasteiger partial charge in [-0.05, 0) is 37.3 Å². The molecule has 23 heavy (non-hydrogen) atoms. The molecule has 4 rings (SSSR count). The lowest BCUT2D eigenvalue weighted by Gasteiger charge is -2.24. The van der Waals surface area contributed by atoms with E-state index in [1.54, 1.807) is 6.20 Å². The monoisotopic (exact) mass is 308 g/mol. The third kappa shape index (κ3) is 2.42. The number of aromatic nitrogens is 3. The minimum atomic E-state index is 0.0830. The fraction of sp³-hybridized carbons (Fsp3) is 0.333. The number of fused-ring (bicyclic) bond motifs is 1. The van der Waals surface area contributed by atoms with Crippen molar-refractivity contribution in [1.82, 2.24) is 19.4 Å². The zero-order valence-corrected chi connectivity index (χ0v) is 13.2. The molecule has 1 N–H and O–H groups in total. The first-order valence-corrected chi connectivity index (χ1v) is 8.07. The number of amides is 1. The molecule has 0 aliphatic carbocycles. The number of aromatic amines is 1. The van der Waals surface area contributed by atoms with Crippen LogP contribution in [0.5, 0.6) is 0 Å². The van der Waals surface area contributed by atoms with Crippen LogP contribution < -0.4 is 0 Å². The minimum absolute atomic E-state index is 0.0830. The zero-order valence-electron chi connectivity index (χ0n) is 13.2. The Balaban J connectivity index is 1.61. The number of aryl methyl sites for hydroxylation is 1. The van der Waals surface area contributed by atoms with Crippen LogP contribution in [0.4, 0.5) is 0 Å². The molecule has 5 nitrogen and oxygen atoms in total. The number of para-hydroxylation sites is 1. The van der Waals surface area contributed by atoms with Crippen LogP contribution in [0.25, 0.3) is 10.9 Å². The average molecular weight is 308 g/mol. The molecule has 1 aliphatic rings. The Hall–Kier alpha value is -2.56. The molecule has 1 amide bonds. The van der Waals surface area contributed by atoms with Gasteiger partial charge in [0.2, 0.25) is 5.91 Å². The molecule has 1 unspecified atom stereocenters. The normalized spacial score (nSPS) is 18.0. The first-order chi connectivity index (χ1) is 11.2. The second-order valence-electron chi connectivity index (χ2n) is 6.15. The molecule has 0 bridgehead atoms. The van der Waals surface area contributed by atoms with Gasteiger partial charge in [-0.3, -0.25) is 4.79 Å². The smallest absolute Gasteiger partial charge is 0.243 e. The standard InChI is InChI=1S/C18H20N4O/c1-13-11-14-5-2-3-6-15(14)22(13)12-17(23)21-10-4-7-16(21)18-19-8-9-20-18/h2-3,5-6,8-9,11,16H,4,7,10,12H2,1H3,(H,19,20). The molecular formula is C18H20N4O. The van der Waals surface area contributed by atoms with Crippen molar-refractivity contribution >= 4 is 16.8 Å². The van der Waals surface area contributed by atoms with Crippen molar-refractivity contribution in [2.24, 2.45) is 0 Å². The van der Waals surface area contributed by atoms with Gasteiger partial charge in [-0.15, -0.1) is 0 Å². The Morgan fingerprint density at radius 3 is 3.09 bits per heavy atom. The second kappa shape index (κ2) is 5.57. The first-order valence-electron chi connectivity index (χ1n) is 8.07. The molecule has 3 heterocycles. The Morgan fingerprint density at radius 1 is 1.39 bits per heavy atom. The van der Waals surface area contributed by atoms with Crippen LogP contribution in [0, 0.1) is 6.92 Å². The molecule has 0 radical (unpaired) electrons. The molecule has 1 fully saturated rings. The summed E-state index contributed by atoms with van der Waals surface area (Å²) in [5.74, 6) is 1.05. The number of imidazole rings is 1. The number of benzene rings is 1. The number of carbonyl (C=O) groups excluding carboxylic acids is 1. The van der Waals surface area contributed by atoms with Crippen molar-refractivity contribution in [3.05, 3.63) is 54.2 Å². The van der Waals surface area contributed by atoms with E-state index in [2.05, 4.69) is 39.7 Å². The SMILES string of the molecule is Cc1cc2ccccc2n1CC(=O)N1CCCC1c1ncc[nH]1. The third-order valence-electron chi connectivity index (χ3n) is 4.72. The van der Waals surface area contributed by atoms with Crippen LogP contribution >= 0.6 is 0 Å². The fourth-order valence-corrected chi connectivity index (χ4v) is 3.59. The molecule has 118 valence electrons. The summed E-state index contributed by atoms with van der Waals surface area (Å²) in [6.45, 7) is 3.25. The summed E-state index contributed by atoms with van der Waals surface area (Å²) in [5, 5.41) is 1.18. The maximum Gasteiger partial charge on any atom is 0.243 e. The highest BCUT2D eigenvalue weighted by Gasteiger charge is 2.31. The van der Waals surface area contributed by atoms with Gasteiger partial charge in [0, 0.05) is 30.1 Å². The first kappa shape index (κ1) is 14.1. The van der Waals surface area contributed by atoms with Crippen LogP contribution in [0.1, 0.15) is 30.4 Å². The zero-order chi connectivity index (χ0) is 15.8. The molecule has 1 aliphatic heterocycles. The van der Waals surface area contributed by atoms with Crippen LogP contribution in [-0.4, -0.2) is 31.9 Å². The predicted molar refractivity (Wildman–Crippen MR) is 89.0 cm³/mol. The highest BCUT2D eigenvalue weighted by Crippen LogP contribution is 2.30. The summed E-state index contributed by atoms with van der Waals surface area (Å²) in [6, 6.07) is 10.4. The third-order valence-corrected chi connectivity index (χ3v) is 4.72. The number of nitrogens with zero attached hydrogens (tertiary/aromatic N) is 3. The number of carbonyl (C=O) groups is 1. The number of likely N-dealkylation sites (tertiary alicyclic amines) is 1. The molecule has 0 saturated carbocycles. The van der Waals surface area contributed by atoms with Crippen LogP contribution in [0.2, 0.25) is 0 Å². The summed E-state index contributed by atoms with van der Waals surface area (Å²) in [5.41, 5.74) is 2.24. The van der Waals surface area contributed by atoms with Gasteiger partial charge in [-0.1, -0.05) is 18.2 Å². The topological polar surface area (TPSA) is 53.9 Å². The maximum absolute atomic E-state index is 12.9. The van der Waals surface area contributed by atoms with Crippen molar-refractivity contribution in [1.29, 1.82) is 0 Å². The Bertz CT molecular complexity index is 834. The van der Waals surface area contributed by atoms with Crippen molar-refractivity contribution in [2.75, 3.05) is 6.54 Å². The molecule has 1 saturated heterocycles. The van der Waals surface area contributed by atoms with E-state index in [0.29, 0.717) is 6.54 Å². The highest BCUT2D eigenvalue weighted by atomic mass is 16.2. The van der Waals surface area contributed by atoms with E-state index in [1.165, 1.54) is 5.39 Å². The summed E-state index contributed by atoms with van der Waals surface area (Å²) in [6.07, 6.45) is 5.58. The lowest BCUT2D eigenvalue weighted by Crippen LogP contribution is -2.34.